The van der Waals surface area contributed by atoms with E-state index in [-0.39, 0.29) is 0 Å². The maximum Gasteiger partial charge on any atom is 0.103 e. The molecule has 130 valence electrons. The molecule has 1 aliphatic rings. The Kier molecular flexibility index (Phi) is 6.50. The number of nitrogens with zero attached hydrogens (tertiary/aromatic N) is 1. The van der Waals surface area contributed by atoms with Gasteiger partial charge in [0.15, 0.2) is 0 Å². The van der Waals surface area contributed by atoms with Crippen LogP contribution >= 0.6 is 0 Å². The summed E-state index contributed by atoms with van der Waals surface area (Å²) in [6.45, 7) is 13.6. The van der Waals surface area contributed by atoms with Crippen molar-refractivity contribution in [1.29, 1.82) is 0 Å². The number of aromatic nitrogens is 2. The quantitative estimate of drug-likeness (QED) is 0.563. The van der Waals surface area contributed by atoms with E-state index in [0.717, 1.165) is 12.2 Å². The first-order chi connectivity index (χ1) is 10.9. The Bertz CT molecular complexity index is 504. The van der Waals surface area contributed by atoms with Gasteiger partial charge in [-0.15, -0.1) is 0 Å². The predicted molar refractivity (Wildman–Crippen MR) is 101 cm³/mol. The van der Waals surface area contributed by atoms with Gasteiger partial charge in [0, 0.05) is 5.92 Å². The molecule has 0 aromatic carbocycles. The van der Waals surface area contributed by atoms with Gasteiger partial charge in [0.25, 0.3) is 0 Å². The molecule has 23 heavy (non-hydrogen) atoms. The zero-order chi connectivity index (χ0) is 16.9. The van der Waals surface area contributed by atoms with Crippen molar-refractivity contribution in [2.45, 2.75) is 97.8 Å². The topological polar surface area (TPSA) is 28.7 Å². The average Bonchev–Trinajstić information content (AvgIpc) is 2.94. The summed E-state index contributed by atoms with van der Waals surface area (Å²) in [6.07, 6.45) is 12.9. The monoisotopic (exact) mass is 316 g/mol. The molecule has 2 nitrogen and oxygen atoms in total. The Hall–Kier alpha value is -1.05. The highest BCUT2D eigenvalue weighted by Crippen LogP contribution is 2.37. The van der Waals surface area contributed by atoms with Crippen molar-refractivity contribution >= 4 is 5.57 Å². The van der Waals surface area contributed by atoms with Crippen LogP contribution in [0.3, 0.4) is 0 Å². The third-order valence-electron chi connectivity index (χ3n) is 5.51. The zero-order valence-corrected chi connectivity index (χ0v) is 15.8. The molecule has 0 bridgehead atoms. The molecule has 2 heteroatoms. The Morgan fingerprint density at radius 2 is 1.91 bits per heavy atom. The van der Waals surface area contributed by atoms with E-state index in [4.69, 9.17) is 4.98 Å². The van der Waals surface area contributed by atoms with E-state index in [1.807, 2.05) is 0 Å². The van der Waals surface area contributed by atoms with Gasteiger partial charge in [-0.25, -0.2) is 4.98 Å². The van der Waals surface area contributed by atoms with E-state index in [1.54, 1.807) is 0 Å². The minimum Gasteiger partial charge on any atom is -0.342 e. The molecule has 1 aromatic rings. The van der Waals surface area contributed by atoms with Crippen LogP contribution in [0.2, 0.25) is 0 Å². The number of hydrogen-bond acceptors (Lipinski definition) is 1. The highest BCUT2D eigenvalue weighted by Gasteiger charge is 2.24. The Labute approximate surface area is 143 Å². The third-order valence-corrected chi connectivity index (χ3v) is 5.51. The molecule has 0 saturated heterocycles. The summed E-state index contributed by atoms with van der Waals surface area (Å²) in [6, 6.07) is 0. The first-order valence-electron chi connectivity index (χ1n) is 9.67. The summed E-state index contributed by atoms with van der Waals surface area (Å²) >= 11 is 0. The van der Waals surface area contributed by atoms with Crippen molar-refractivity contribution in [1.82, 2.24) is 9.97 Å². The van der Waals surface area contributed by atoms with Crippen molar-refractivity contribution in [3.8, 4) is 0 Å². The van der Waals surface area contributed by atoms with Crippen molar-refractivity contribution in [3.63, 3.8) is 0 Å². The number of imidazole rings is 1. The van der Waals surface area contributed by atoms with Crippen LogP contribution in [-0.2, 0) is 0 Å². The fourth-order valence-corrected chi connectivity index (χ4v) is 3.85. The molecule has 1 fully saturated rings. The van der Waals surface area contributed by atoms with E-state index in [1.165, 1.54) is 74.7 Å². The number of H-pyrrole nitrogens is 1. The van der Waals surface area contributed by atoms with Crippen LogP contribution in [0.4, 0.5) is 0 Å². The lowest BCUT2D eigenvalue weighted by Gasteiger charge is -2.25. The second-order valence-corrected chi connectivity index (χ2v) is 8.29. The summed E-state index contributed by atoms with van der Waals surface area (Å²) in [5, 5.41) is 0. The molecule has 1 saturated carbocycles. The maximum absolute atomic E-state index is 4.83. The van der Waals surface area contributed by atoms with Crippen molar-refractivity contribution in [3.05, 3.63) is 23.8 Å². The van der Waals surface area contributed by atoms with Gasteiger partial charge in [0.1, 0.15) is 5.82 Å². The molecule has 1 aromatic heterocycles. The Morgan fingerprint density at radius 3 is 2.57 bits per heavy atom. The van der Waals surface area contributed by atoms with Crippen molar-refractivity contribution in [2.24, 2.45) is 5.41 Å². The first kappa shape index (κ1) is 18.3. The lowest BCUT2D eigenvalue weighted by Crippen LogP contribution is -2.12. The largest absolute Gasteiger partial charge is 0.342 e. The minimum absolute atomic E-state index is 0.416. The lowest BCUT2D eigenvalue weighted by molar-refractivity contribution is 0.302. The SMILES string of the molecule is C=C(CCC(C)(C)CCCC)c1[nH]c(C)nc1C1CCCCC1. The third kappa shape index (κ3) is 5.22. The number of allylic oxidation sites excluding steroid dienone is 1. The molecule has 0 radical (unpaired) electrons. The molecule has 2 rings (SSSR count). The van der Waals surface area contributed by atoms with Gasteiger partial charge >= 0.3 is 0 Å². The van der Waals surface area contributed by atoms with Gasteiger partial charge in [-0.3, -0.25) is 0 Å². The highest BCUT2D eigenvalue weighted by molar-refractivity contribution is 5.63. The van der Waals surface area contributed by atoms with Gasteiger partial charge in [-0.05, 0) is 50.0 Å². The van der Waals surface area contributed by atoms with Crippen molar-refractivity contribution in [2.75, 3.05) is 0 Å². The maximum atomic E-state index is 4.83. The number of aryl methyl sites for hydroxylation is 1. The van der Waals surface area contributed by atoms with Crippen LogP contribution in [0, 0.1) is 12.3 Å². The number of rotatable bonds is 8. The lowest BCUT2D eigenvalue weighted by atomic mass is 9.80. The number of hydrogen-bond donors (Lipinski definition) is 1. The van der Waals surface area contributed by atoms with E-state index in [2.05, 4.69) is 39.3 Å². The fraction of sp³-hybridized carbons (Fsp3) is 0.762. The second kappa shape index (κ2) is 8.17. The van der Waals surface area contributed by atoms with Gasteiger partial charge in [-0.1, -0.05) is 59.5 Å². The molecule has 0 atom stereocenters. The van der Waals surface area contributed by atoms with Crippen LogP contribution in [0.15, 0.2) is 6.58 Å². The molecule has 1 N–H and O–H groups in total. The molecule has 1 heterocycles. The molecular weight excluding hydrogens is 280 g/mol. The van der Waals surface area contributed by atoms with Gasteiger partial charge in [-0.2, -0.15) is 0 Å². The molecule has 0 spiro atoms. The van der Waals surface area contributed by atoms with Crippen LogP contribution < -0.4 is 0 Å². The van der Waals surface area contributed by atoms with E-state index >= 15 is 0 Å². The molecular formula is C21H36N2. The Morgan fingerprint density at radius 1 is 1.22 bits per heavy atom. The van der Waals surface area contributed by atoms with Gasteiger partial charge < -0.3 is 4.98 Å². The predicted octanol–water partition coefficient (Wildman–Crippen LogP) is 6.78. The number of nitrogens with one attached hydrogen (secondary N) is 1. The highest BCUT2D eigenvalue weighted by atomic mass is 14.9. The van der Waals surface area contributed by atoms with Gasteiger partial charge in [0.2, 0.25) is 0 Å². The zero-order valence-electron chi connectivity index (χ0n) is 15.8. The second-order valence-electron chi connectivity index (χ2n) is 8.29. The molecule has 0 aliphatic heterocycles. The van der Waals surface area contributed by atoms with E-state index < -0.39 is 0 Å². The van der Waals surface area contributed by atoms with Crippen LogP contribution in [0.1, 0.15) is 108 Å². The van der Waals surface area contributed by atoms with E-state index in [9.17, 15) is 0 Å². The summed E-state index contributed by atoms with van der Waals surface area (Å²) in [7, 11) is 0. The number of unbranched alkanes of at least 4 members (excludes halogenated alkanes) is 1. The van der Waals surface area contributed by atoms with Crippen LogP contribution in [0.25, 0.3) is 5.57 Å². The van der Waals surface area contributed by atoms with Crippen LogP contribution in [-0.4, -0.2) is 9.97 Å². The summed E-state index contributed by atoms with van der Waals surface area (Å²) in [4.78, 5) is 8.34. The standard InChI is InChI=1S/C21H36N2/c1-6-7-14-21(4,5)15-13-16(2)19-20(23-17(3)22-19)18-11-9-8-10-12-18/h18H,2,6-15H2,1,3-5H3,(H,22,23). The molecule has 0 amide bonds. The molecule has 1 aliphatic carbocycles. The normalized spacial score (nSPS) is 16.7. The van der Waals surface area contributed by atoms with Crippen LogP contribution in [0.5, 0.6) is 0 Å². The smallest absolute Gasteiger partial charge is 0.103 e. The van der Waals surface area contributed by atoms with Crippen molar-refractivity contribution < 1.29 is 0 Å². The van der Waals surface area contributed by atoms with Gasteiger partial charge in [0.05, 0.1) is 11.4 Å². The minimum atomic E-state index is 0.416. The van der Waals surface area contributed by atoms with E-state index in [0.29, 0.717) is 11.3 Å². The molecule has 0 unspecified atom stereocenters. The summed E-state index contributed by atoms with van der Waals surface area (Å²) in [5.74, 6) is 1.69. The summed E-state index contributed by atoms with van der Waals surface area (Å²) in [5.41, 5.74) is 4.23. The summed E-state index contributed by atoms with van der Waals surface area (Å²) < 4.78 is 0. The fourth-order valence-electron chi connectivity index (χ4n) is 3.85. The number of aromatic amines is 1. The average molecular weight is 317 g/mol. The first-order valence-corrected chi connectivity index (χ1v) is 9.67. The Balaban J connectivity index is 2.01.